The van der Waals surface area contributed by atoms with E-state index in [-0.39, 0.29) is 32.0 Å². The fourth-order valence-corrected chi connectivity index (χ4v) is 4.09. The standard InChI is InChI=1S/C17H30N2O5/c1-8-23-13(21)17(18-12(3)20)10-15(4,5)19(14(22)24-9-2)16(6,7)11-17/h8-11H2,1-7H3,(H,18,20). The molecule has 138 valence electrons. The summed E-state index contributed by atoms with van der Waals surface area (Å²) in [5.41, 5.74) is -2.58. The molecule has 0 aromatic rings. The molecule has 0 aromatic heterocycles. The highest BCUT2D eigenvalue weighted by Gasteiger charge is 2.58. The molecule has 24 heavy (non-hydrogen) atoms. The molecule has 1 rings (SSSR count). The number of likely N-dealkylation sites (tertiary alicyclic amines) is 1. The molecule has 0 saturated carbocycles. The Morgan fingerprint density at radius 1 is 0.958 bits per heavy atom. The van der Waals surface area contributed by atoms with Gasteiger partial charge in [0.05, 0.1) is 13.2 Å². The molecule has 1 heterocycles. The van der Waals surface area contributed by atoms with Crippen LogP contribution in [0.25, 0.3) is 0 Å². The Balaban J connectivity index is 3.32. The minimum Gasteiger partial charge on any atom is -0.464 e. The molecule has 1 N–H and O–H groups in total. The number of esters is 1. The van der Waals surface area contributed by atoms with Crippen molar-refractivity contribution in [3.63, 3.8) is 0 Å². The van der Waals surface area contributed by atoms with Crippen LogP contribution in [0.3, 0.4) is 0 Å². The number of rotatable bonds is 4. The first-order valence-electron chi connectivity index (χ1n) is 8.35. The maximum absolute atomic E-state index is 12.7. The number of nitrogens with zero attached hydrogens (tertiary/aromatic N) is 1. The summed E-state index contributed by atoms with van der Waals surface area (Å²) in [6, 6.07) is 0. The van der Waals surface area contributed by atoms with Crippen LogP contribution in [0.15, 0.2) is 0 Å². The average molecular weight is 342 g/mol. The van der Waals surface area contributed by atoms with Crippen LogP contribution in [-0.2, 0) is 19.1 Å². The summed E-state index contributed by atoms with van der Waals surface area (Å²) < 4.78 is 10.4. The number of ether oxygens (including phenoxy) is 2. The van der Waals surface area contributed by atoms with E-state index in [2.05, 4.69) is 5.32 Å². The van der Waals surface area contributed by atoms with E-state index >= 15 is 0 Å². The van der Waals surface area contributed by atoms with Gasteiger partial charge in [0.2, 0.25) is 5.91 Å². The lowest BCUT2D eigenvalue weighted by molar-refractivity contribution is -0.163. The van der Waals surface area contributed by atoms with Crippen molar-refractivity contribution in [2.75, 3.05) is 13.2 Å². The zero-order valence-electron chi connectivity index (χ0n) is 15.8. The van der Waals surface area contributed by atoms with Crippen molar-refractivity contribution in [3.8, 4) is 0 Å². The van der Waals surface area contributed by atoms with Gasteiger partial charge in [-0.2, -0.15) is 0 Å². The highest BCUT2D eigenvalue weighted by molar-refractivity contribution is 5.88. The molecule has 1 aliphatic heterocycles. The quantitative estimate of drug-likeness (QED) is 0.792. The van der Waals surface area contributed by atoms with Gasteiger partial charge in [-0.05, 0) is 41.5 Å². The molecule has 7 heteroatoms. The van der Waals surface area contributed by atoms with Gasteiger partial charge in [-0.25, -0.2) is 9.59 Å². The predicted octanol–water partition coefficient (Wildman–Crippen LogP) is 2.23. The third-order valence-electron chi connectivity index (χ3n) is 4.21. The zero-order chi connectivity index (χ0) is 18.8. The second kappa shape index (κ2) is 6.99. The summed E-state index contributed by atoms with van der Waals surface area (Å²) in [4.78, 5) is 38.5. The molecule has 7 nitrogen and oxygen atoms in total. The molecular formula is C17H30N2O5. The summed E-state index contributed by atoms with van der Waals surface area (Å²) >= 11 is 0. The van der Waals surface area contributed by atoms with E-state index in [1.54, 1.807) is 18.7 Å². The fourth-order valence-electron chi connectivity index (χ4n) is 4.09. The Labute approximate surface area is 144 Å². The van der Waals surface area contributed by atoms with Crippen LogP contribution in [0.1, 0.15) is 61.3 Å². The van der Waals surface area contributed by atoms with Crippen LogP contribution < -0.4 is 5.32 Å². The highest BCUT2D eigenvalue weighted by Crippen LogP contribution is 2.44. The van der Waals surface area contributed by atoms with Gasteiger partial charge in [0.15, 0.2) is 0 Å². The van der Waals surface area contributed by atoms with Gasteiger partial charge in [-0.1, -0.05) is 0 Å². The average Bonchev–Trinajstić information content (AvgIpc) is 2.34. The summed E-state index contributed by atoms with van der Waals surface area (Å²) in [6.45, 7) is 12.8. The molecule has 2 amide bonds. The third-order valence-corrected chi connectivity index (χ3v) is 4.21. The second-order valence-corrected chi connectivity index (χ2v) is 7.50. The summed E-state index contributed by atoms with van der Waals surface area (Å²) in [7, 11) is 0. The van der Waals surface area contributed by atoms with Gasteiger partial charge < -0.3 is 14.8 Å². The van der Waals surface area contributed by atoms with Gasteiger partial charge in [0.1, 0.15) is 5.54 Å². The Morgan fingerprint density at radius 2 is 1.42 bits per heavy atom. The minimum atomic E-state index is -1.17. The maximum atomic E-state index is 12.7. The van der Waals surface area contributed by atoms with Gasteiger partial charge in [-0.3, -0.25) is 9.69 Å². The number of piperidine rings is 1. The van der Waals surface area contributed by atoms with E-state index in [0.29, 0.717) is 0 Å². The van der Waals surface area contributed by atoms with Crippen LogP contribution in [0.4, 0.5) is 4.79 Å². The molecule has 1 saturated heterocycles. The first kappa shape index (κ1) is 20.3. The van der Waals surface area contributed by atoms with Gasteiger partial charge in [0.25, 0.3) is 0 Å². The topological polar surface area (TPSA) is 84.9 Å². The fraction of sp³-hybridized carbons (Fsp3) is 0.824. The van der Waals surface area contributed by atoms with E-state index in [1.165, 1.54) is 6.92 Å². The molecule has 0 aromatic carbocycles. The number of carbonyl (C=O) groups excluding carboxylic acids is 3. The van der Waals surface area contributed by atoms with E-state index in [9.17, 15) is 14.4 Å². The Kier molecular flexibility index (Phi) is 5.90. The molecule has 1 fully saturated rings. The lowest BCUT2D eigenvalue weighted by Gasteiger charge is -2.57. The van der Waals surface area contributed by atoms with Crippen molar-refractivity contribution in [1.82, 2.24) is 10.2 Å². The second-order valence-electron chi connectivity index (χ2n) is 7.50. The Morgan fingerprint density at radius 3 is 1.79 bits per heavy atom. The van der Waals surface area contributed by atoms with Crippen molar-refractivity contribution in [1.29, 1.82) is 0 Å². The smallest absolute Gasteiger partial charge is 0.410 e. The predicted molar refractivity (Wildman–Crippen MR) is 89.4 cm³/mol. The molecule has 0 unspecified atom stereocenters. The van der Waals surface area contributed by atoms with Crippen LogP contribution >= 0.6 is 0 Å². The number of hydrogen-bond acceptors (Lipinski definition) is 5. The number of amides is 2. The molecule has 1 aliphatic rings. The molecule has 0 atom stereocenters. The van der Waals surface area contributed by atoms with Crippen molar-refractivity contribution in [2.45, 2.75) is 77.9 Å². The van der Waals surface area contributed by atoms with E-state index in [0.717, 1.165) is 0 Å². The lowest BCUT2D eigenvalue weighted by Crippen LogP contribution is -2.73. The number of carbonyl (C=O) groups is 3. The highest BCUT2D eigenvalue weighted by atomic mass is 16.6. The lowest BCUT2D eigenvalue weighted by atomic mass is 9.69. The first-order chi connectivity index (χ1) is 10.9. The van der Waals surface area contributed by atoms with E-state index < -0.39 is 28.7 Å². The maximum Gasteiger partial charge on any atom is 0.410 e. The summed E-state index contributed by atoms with van der Waals surface area (Å²) in [5, 5.41) is 2.79. The normalized spacial score (nSPS) is 20.9. The van der Waals surface area contributed by atoms with Crippen molar-refractivity contribution in [3.05, 3.63) is 0 Å². The van der Waals surface area contributed by atoms with Gasteiger partial charge in [0, 0.05) is 30.8 Å². The molecule has 0 aliphatic carbocycles. The summed E-state index contributed by atoms with van der Waals surface area (Å²) in [5.74, 6) is -0.774. The Hall–Kier alpha value is -1.79. The Bertz CT molecular complexity index is 495. The molecule has 0 radical (unpaired) electrons. The largest absolute Gasteiger partial charge is 0.464 e. The molecule has 0 spiro atoms. The van der Waals surface area contributed by atoms with Crippen LogP contribution in [0.2, 0.25) is 0 Å². The summed E-state index contributed by atoms with van der Waals surface area (Å²) in [6.07, 6.45) is 0.0780. The number of hydrogen-bond donors (Lipinski definition) is 1. The first-order valence-corrected chi connectivity index (χ1v) is 8.35. The number of nitrogens with one attached hydrogen (secondary N) is 1. The minimum absolute atomic E-state index is 0.225. The van der Waals surface area contributed by atoms with Crippen LogP contribution in [-0.4, -0.2) is 52.7 Å². The van der Waals surface area contributed by atoms with Crippen molar-refractivity contribution >= 4 is 18.0 Å². The molecule has 0 bridgehead atoms. The van der Waals surface area contributed by atoms with E-state index in [1.807, 2.05) is 27.7 Å². The molecular weight excluding hydrogens is 312 g/mol. The van der Waals surface area contributed by atoms with Crippen LogP contribution in [0, 0.1) is 0 Å². The zero-order valence-corrected chi connectivity index (χ0v) is 15.8. The van der Waals surface area contributed by atoms with E-state index in [4.69, 9.17) is 9.47 Å². The van der Waals surface area contributed by atoms with Gasteiger partial charge >= 0.3 is 12.1 Å². The SMILES string of the molecule is CCOC(=O)N1C(C)(C)CC(NC(C)=O)(C(=O)OCC)CC1(C)C. The van der Waals surface area contributed by atoms with Crippen molar-refractivity contribution < 1.29 is 23.9 Å². The third kappa shape index (κ3) is 3.99. The van der Waals surface area contributed by atoms with Crippen molar-refractivity contribution in [2.24, 2.45) is 0 Å². The van der Waals surface area contributed by atoms with Gasteiger partial charge in [-0.15, -0.1) is 0 Å². The van der Waals surface area contributed by atoms with Crippen LogP contribution in [0.5, 0.6) is 0 Å². The monoisotopic (exact) mass is 342 g/mol.